The van der Waals surface area contributed by atoms with E-state index in [1.54, 1.807) is 30.5 Å². The third kappa shape index (κ3) is 4.07. The second-order valence-electron chi connectivity index (χ2n) is 5.44. The van der Waals surface area contributed by atoms with Crippen LogP contribution in [-0.4, -0.2) is 41.3 Å². The second kappa shape index (κ2) is 7.96. The van der Waals surface area contributed by atoms with Gasteiger partial charge >= 0.3 is 0 Å². The van der Waals surface area contributed by atoms with Gasteiger partial charge in [-0.05, 0) is 31.2 Å². The molecule has 128 valence electrons. The monoisotopic (exact) mass is 354 g/mol. The van der Waals surface area contributed by atoms with Crippen LogP contribution in [0.3, 0.4) is 0 Å². The third-order valence-electron chi connectivity index (χ3n) is 3.60. The molecular formula is C18H18N4O2S. The van der Waals surface area contributed by atoms with E-state index in [0.717, 1.165) is 16.1 Å². The number of ether oxygens (including phenoxy) is 1. The van der Waals surface area contributed by atoms with Gasteiger partial charge in [0.25, 0.3) is 5.91 Å². The lowest BCUT2D eigenvalue weighted by atomic mass is 10.1. The molecule has 3 rings (SSSR count). The van der Waals surface area contributed by atoms with Crippen LogP contribution >= 0.6 is 11.3 Å². The first-order valence-electron chi connectivity index (χ1n) is 7.80. The van der Waals surface area contributed by atoms with Gasteiger partial charge in [-0.1, -0.05) is 29.0 Å². The standard InChI is InChI=1S/C18H18N4O2S/c1-13-4-3-5-15(12-13)17(23)22(10-11-24-2)18-21-20-16(25-18)14-6-8-19-9-7-14/h3-9,12H,10-11H2,1-2H3. The van der Waals surface area contributed by atoms with Crippen LogP contribution in [0, 0.1) is 6.92 Å². The Labute approximate surface area is 150 Å². The SMILES string of the molecule is COCCN(C(=O)c1cccc(C)c1)c1nnc(-c2ccncc2)s1. The second-order valence-corrected chi connectivity index (χ2v) is 6.40. The number of aryl methyl sites for hydroxylation is 1. The van der Waals surface area contributed by atoms with Crippen LogP contribution in [0.15, 0.2) is 48.8 Å². The molecule has 0 aliphatic heterocycles. The maximum absolute atomic E-state index is 12.9. The van der Waals surface area contributed by atoms with Gasteiger partial charge in [-0.2, -0.15) is 0 Å². The smallest absolute Gasteiger partial charge is 0.260 e. The van der Waals surface area contributed by atoms with Crippen molar-refractivity contribution in [2.45, 2.75) is 6.92 Å². The minimum atomic E-state index is -0.113. The van der Waals surface area contributed by atoms with Crippen molar-refractivity contribution in [3.63, 3.8) is 0 Å². The van der Waals surface area contributed by atoms with Crippen LogP contribution in [0.5, 0.6) is 0 Å². The number of rotatable bonds is 6. The first-order chi connectivity index (χ1) is 12.2. The predicted octanol–water partition coefficient (Wildman–Crippen LogP) is 3.20. The minimum Gasteiger partial charge on any atom is -0.383 e. The molecule has 1 aromatic carbocycles. The molecule has 3 aromatic rings. The first kappa shape index (κ1) is 17.2. The third-order valence-corrected chi connectivity index (χ3v) is 4.60. The fraction of sp³-hybridized carbons (Fsp3) is 0.222. The Morgan fingerprint density at radius 2 is 2.00 bits per heavy atom. The highest BCUT2D eigenvalue weighted by atomic mass is 32.1. The lowest BCUT2D eigenvalue weighted by Crippen LogP contribution is -2.34. The van der Waals surface area contributed by atoms with E-state index in [1.165, 1.54) is 11.3 Å². The highest BCUT2D eigenvalue weighted by Crippen LogP contribution is 2.29. The van der Waals surface area contributed by atoms with E-state index in [0.29, 0.717) is 23.8 Å². The van der Waals surface area contributed by atoms with Gasteiger partial charge in [0.1, 0.15) is 5.01 Å². The van der Waals surface area contributed by atoms with Crippen molar-refractivity contribution in [1.29, 1.82) is 0 Å². The molecule has 7 heteroatoms. The summed E-state index contributed by atoms with van der Waals surface area (Å²) in [5.74, 6) is -0.113. The van der Waals surface area contributed by atoms with Crippen molar-refractivity contribution >= 4 is 22.4 Å². The lowest BCUT2D eigenvalue weighted by Gasteiger charge is -2.19. The fourth-order valence-corrected chi connectivity index (χ4v) is 3.21. The molecule has 0 N–H and O–H groups in total. The summed E-state index contributed by atoms with van der Waals surface area (Å²) in [5, 5.41) is 9.73. The summed E-state index contributed by atoms with van der Waals surface area (Å²) >= 11 is 1.37. The van der Waals surface area contributed by atoms with Gasteiger partial charge in [0.15, 0.2) is 0 Å². The molecule has 1 amide bonds. The normalized spacial score (nSPS) is 10.6. The van der Waals surface area contributed by atoms with E-state index in [1.807, 2.05) is 37.3 Å². The van der Waals surface area contributed by atoms with E-state index in [9.17, 15) is 4.79 Å². The van der Waals surface area contributed by atoms with Gasteiger partial charge in [-0.25, -0.2) is 0 Å². The molecule has 0 saturated heterocycles. The number of amides is 1. The van der Waals surface area contributed by atoms with Gasteiger partial charge in [0.2, 0.25) is 5.13 Å². The Hall–Kier alpha value is -2.64. The lowest BCUT2D eigenvalue weighted by molar-refractivity contribution is 0.0975. The fourth-order valence-electron chi connectivity index (χ4n) is 2.34. The number of aromatic nitrogens is 3. The minimum absolute atomic E-state index is 0.113. The molecule has 0 aliphatic rings. The number of anilines is 1. The summed E-state index contributed by atoms with van der Waals surface area (Å²) in [7, 11) is 1.61. The zero-order valence-corrected chi connectivity index (χ0v) is 14.9. The highest BCUT2D eigenvalue weighted by Gasteiger charge is 2.22. The molecule has 2 heterocycles. The molecule has 0 atom stereocenters. The van der Waals surface area contributed by atoms with E-state index in [-0.39, 0.29) is 5.91 Å². The Morgan fingerprint density at radius 3 is 2.72 bits per heavy atom. The Bertz CT molecular complexity index is 851. The topological polar surface area (TPSA) is 68.2 Å². The van der Waals surface area contributed by atoms with Crippen molar-refractivity contribution in [3.05, 3.63) is 59.9 Å². The van der Waals surface area contributed by atoms with Crippen LogP contribution in [-0.2, 0) is 4.74 Å². The molecule has 0 saturated carbocycles. The average molecular weight is 354 g/mol. The van der Waals surface area contributed by atoms with Gasteiger partial charge in [-0.15, -0.1) is 10.2 Å². The predicted molar refractivity (Wildman–Crippen MR) is 97.9 cm³/mol. The maximum Gasteiger partial charge on any atom is 0.260 e. The zero-order valence-electron chi connectivity index (χ0n) is 14.0. The molecule has 0 aliphatic carbocycles. The summed E-state index contributed by atoms with van der Waals surface area (Å²) in [6.07, 6.45) is 3.41. The molecule has 0 unspecified atom stereocenters. The van der Waals surface area contributed by atoms with Crippen molar-refractivity contribution in [2.75, 3.05) is 25.2 Å². The Kier molecular flexibility index (Phi) is 5.47. The van der Waals surface area contributed by atoms with Crippen LogP contribution in [0.1, 0.15) is 15.9 Å². The summed E-state index contributed by atoms with van der Waals surface area (Å²) in [5.41, 5.74) is 2.58. The highest BCUT2D eigenvalue weighted by molar-refractivity contribution is 7.18. The molecule has 0 spiro atoms. The number of hydrogen-bond donors (Lipinski definition) is 0. The molecular weight excluding hydrogens is 336 g/mol. The summed E-state index contributed by atoms with van der Waals surface area (Å²) < 4.78 is 5.15. The summed E-state index contributed by atoms with van der Waals surface area (Å²) in [4.78, 5) is 18.6. The largest absolute Gasteiger partial charge is 0.383 e. The molecule has 2 aromatic heterocycles. The summed E-state index contributed by atoms with van der Waals surface area (Å²) in [6, 6.07) is 11.2. The van der Waals surface area contributed by atoms with Crippen molar-refractivity contribution in [2.24, 2.45) is 0 Å². The molecule has 0 fully saturated rings. The number of pyridine rings is 1. The van der Waals surface area contributed by atoms with Crippen molar-refractivity contribution < 1.29 is 9.53 Å². The van der Waals surface area contributed by atoms with E-state index < -0.39 is 0 Å². The van der Waals surface area contributed by atoms with Crippen molar-refractivity contribution in [1.82, 2.24) is 15.2 Å². The molecule has 0 radical (unpaired) electrons. The molecule has 6 nitrogen and oxygen atoms in total. The van der Waals surface area contributed by atoms with Gasteiger partial charge in [0, 0.05) is 30.6 Å². The number of benzene rings is 1. The van der Waals surface area contributed by atoms with Crippen LogP contribution in [0.2, 0.25) is 0 Å². The van der Waals surface area contributed by atoms with Crippen LogP contribution in [0.4, 0.5) is 5.13 Å². The quantitative estimate of drug-likeness (QED) is 0.680. The molecule has 25 heavy (non-hydrogen) atoms. The van der Waals surface area contributed by atoms with E-state index in [4.69, 9.17) is 4.74 Å². The number of nitrogens with zero attached hydrogens (tertiary/aromatic N) is 4. The van der Waals surface area contributed by atoms with E-state index in [2.05, 4.69) is 15.2 Å². The van der Waals surface area contributed by atoms with Gasteiger partial charge in [-0.3, -0.25) is 14.7 Å². The van der Waals surface area contributed by atoms with E-state index >= 15 is 0 Å². The number of carbonyl (C=O) groups excluding carboxylic acids is 1. The average Bonchev–Trinajstić information content (AvgIpc) is 3.12. The zero-order chi connectivity index (χ0) is 17.6. The van der Waals surface area contributed by atoms with Gasteiger partial charge < -0.3 is 4.74 Å². The molecule has 0 bridgehead atoms. The number of methoxy groups -OCH3 is 1. The summed E-state index contributed by atoms with van der Waals surface area (Å²) in [6.45, 7) is 2.79. The van der Waals surface area contributed by atoms with Crippen LogP contribution < -0.4 is 4.90 Å². The number of hydrogen-bond acceptors (Lipinski definition) is 6. The van der Waals surface area contributed by atoms with Crippen LogP contribution in [0.25, 0.3) is 10.6 Å². The maximum atomic E-state index is 12.9. The number of carbonyl (C=O) groups is 1. The van der Waals surface area contributed by atoms with Gasteiger partial charge in [0.05, 0.1) is 13.2 Å². The Balaban J connectivity index is 1.91. The van der Waals surface area contributed by atoms with Crippen molar-refractivity contribution in [3.8, 4) is 10.6 Å². The first-order valence-corrected chi connectivity index (χ1v) is 8.62. The Morgan fingerprint density at radius 1 is 1.20 bits per heavy atom.